The van der Waals surface area contributed by atoms with E-state index in [1.807, 2.05) is 0 Å². The summed E-state index contributed by atoms with van der Waals surface area (Å²) in [6.45, 7) is 0.174. The Morgan fingerprint density at radius 2 is 1.83 bits per heavy atom. The smallest absolute Gasteiger partial charge is 0.270 e. The second kappa shape index (κ2) is 11.1. The SMILES string of the molecule is COc1cc(/C=C2/C(=O)NC(=S)N(c3ccc(F)cc3)C2=O)cc(I)c1OCc1ccc(Cl)cc1Cl. The molecule has 0 atom stereocenters. The van der Waals surface area contributed by atoms with Crippen LogP contribution in [0.25, 0.3) is 6.08 Å². The summed E-state index contributed by atoms with van der Waals surface area (Å²) in [5.41, 5.74) is 1.45. The van der Waals surface area contributed by atoms with Crippen LogP contribution in [0.15, 0.2) is 60.2 Å². The van der Waals surface area contributed by atoms with Gasteiger partial charge in [-0.25, -0.2) is 4.39 Å². The maximum Gasteiger partial charge on any atom is 0.270 e. The number of carbonyl (C=O) groups is 2. The third kappa shape index (κ3) is 5.64. The number of ether oxygens (including phenoxy) is 2. The van der Waals surface area contributed by atoms with Gasteiger partial charge in [0.15, 0.2) is 16.6 Å². The van der Waals surface area contributed by atoms with Gasteiger partial charge in [-0.3, -0.25) is 19.8 Å². The third-order valence-electron chi connectivity index (χ3n) is 5.14. The van der Waals surface area contributed by atoms with Gasteiger partial charge in [0.05, 0.1) is 16.4 Å². The predicted molar refractivity (Wildman–Crippen MR) is 149 cm³/mol. The highest BCUT2D eigenvalue weighted by Gasteiger charge is 2.34. The monoisotopic (exact) mass is 656 g/mol. The summed E-state index contributed by atoms with van der Waals surface area (Å²) in [7, 11) is 1.48. The second-order valence-corrected chi connectivity index (χ2v) is 9.89. The van der Waals surface area contributed by atoms with E-state index < -0.39 is 17.6 Å². The first-order valence-corrected chi connectivity index (χ1v) is 12.5. The molecule has 0 aliphatic carbocycles. The molecular weight excluding hydrogens is 641 g/mol. The van der Waals surface area contributed by atoms with Crippen molar-refractivity contribution in [2.24, 2.45) is 0 Å². The molecule has 0 aromatic heterocycles. The van der Waals surface area contributed by atoms with Crippen molar-refractivity contribution in [1.82, 2.24) is 5.32 Å². The quantitative estimate of drug-likeness (QED) is 0.149. The van der Waals surface area contributed by atoms with Gasteiger partial charge in [0.25, 0.3) is 11.8 Å². The molecule has 0 unspecified atom stereocenters. The van der Waals surface area contributed by atoms with E-state index in [2.05, 4.69) is 27.9 Å². The van der Waals surface area contributed by atoms with Crippen LogP contribution in [0.5, 0.6) is 11.5 Å². The van der Waals surface area contributed by atoms with Crippen LogP contribution in [0.4, 0.5) is 10.1 Å². The van der Waals surface area contributed by atoms with Gasteiger partial charge in [-0.05, 0) is 95.0 Å². The highest BCUT2D eigenvalue weighted by molar-refractivity contribution is 14.1. The van der Waals surface area contributed by atoms with Crippen LogP contribution in [0, 0.1) is 9.39 Å². The largest absolute Gasteiger partial charge is 0.493 e. The van der Waals surface area contributed by atoms with Crippen molar-refractivity contribution in [2.45, 2.75) is 6.61 Å². The zero-order valence-corrected chi connectivity index (χ0v) is 23.0. The lowest BCUT2D eigenvalue weighted by Gasteiger charge is -2.29. The van der Waals surface area contributed by atoms with Gasteiger partial charge in [0.1, 0.15) is 18.0 Å². The lowest BCUT2D eigenvalue weighted by Crippen LogP contribution is -2.54. The van der Waals surface area contributed by atoms with Crippen LogP contribution >= 0.6 is 58.0 Å². The van der Waals surface area contributed by atoms with E-state index in [4.69, 9.17) is 44.9 Å². The maximum atomic E-state index is 13.4. The minimum atomic E-state index is -0.643. The maximum absolute atomic E-state index is 13.4. The molecule has 1 aliphatic rings. The number of amides is 2. The molecule has 4 rings (SSSR count). The van der Waals surface area contributed by atoms with Gasteiger partial charge in [-0.1, -0.05) is 29.3 Å². The molecule has 1 N–H and O–H groups in total. The fourth-order valence-corrected chi connectivity index (χ4v) is 4.93. The number of hydrogen-bond acceptors (Lipinski definition) is 5. The molecule has 0 saturated carbocycles. The molecule has 0 radical (unpaired) electrons. The molecule has 3 aromatic rings. The molecule has 2 amide bonds. The minimum absolute atomic E-state index is 0.0921. The summed E-state index contributed by atoms with van der Waals surface area (Å²) in [5.74, 6) is -0.874. The molecule has 1 heterocycles. The number of halogens is 4. The Labute approximate surface area is 235 Å². The van der Waals surface area contributed by atoms with Gasteiger partial charge < -0.3 is 9.47 Å². The van der Waals surface area contributed by atoms with Crippen LogP contribution in [-0.2, 0) is 16.2 Å². The minimum Gasteiger partial charge on any atom is -0.493 e. The van der Waals surface area contributed by atoms with Crippen LogP contribution in [0.3, 0.4) is 0 Å². The number of methoxy groups -OCH3 is 1. The number of rotatable bonds is 6. The highest BCUT2D eigenvalue weighted by atomic mass is 127. The number of hydrogen-bond donors (Lipinski definition) is 1. The van der Waals surface area contributed by atoms with E-state index in [9.17, 15) is 14.0 Å². The van der Waals surface area contributed by atoms with Crippen LogP contribution in [0.2, 0.25) is 10.0 Å². The summed E-state index contributed by atoms with van der Waals surface area (Å²) >= 11 is 19.4. The number of thiocarbonyl (C=S) groups is 1. The van der Waals surface area contributed by atoms with E-state index in [0.717, 1.165) is 10.5 Å². The van der Waals surface area contributed by atoms with Crippen molar-refractivity contribution in [2.75, 3.05) is 12.0 Å². The number of nitrogens with zero attached hydrogens (tertiary/aromatic N) is 1. The fourth-order valence-electron chi connectivity index (χ4n) is 3.40. The standard InChI is InChI=1S/C25H16Cl2FIN2O4S/c1-34-21-10-13(9-20(29)22(21)35-12-14-2-3-15(26)11-19(14)27)8-18-23(32)30-25(36)31(24(18)33)17-6-4-16(28)5-7-17/h2-11H,12H2,1H3,(H,30,32,36)/b18-8-. The Hall–Kier alpha value is -2.73. The summed E-state index contributed by atoms with van der Waals surface area (Å²) in [6, 6.07) is 13.7. The first-order valence-electron chi connectivity index (χ1n) is 10.3. The van der Waals surface area contributed by atoms with E-state index in [0.29, 0.717) is 36.4 Å². The van der Waals surface area contributed by atoms with Crippen molar-refractivity contribution < 1.29 is 23.5 Å². The third-order valence-corrected chi connectivity index (χ3v) is 6.81. The molecule has 0 spiro atoms. The average molecular weight is 657 g/mol. The Bertz CT molecular complexity index is 1420. The summed E-state index contributed by atoms with van der Waals surface area (Å²) in [4.78, 5) is 26.9. The number of nitrogens with one attached hydrogen (secondary N) is 1. The van der Waals surface area contributed by atoms with E-state index in [1.165, 1.54) is 37.5 Å². The Morgan fingerprint density at radius 3 is 2.50 bits per heavy atom. The van der Waals surface area contributed by atoms with E-state index in [-0.39, 0.29) is 17.3 Å². The lowest BCUT2D eigenvalue weighted by atomic mass is 10.1. The van der Waals surface area contributed by atoms with Crippen LogP contribution in [-0.4, -0.2) is 24.0 Å². The first-order chi connectivity index (χ1) is 17.2. The van der Waals surface area contributed by atoms with Crippen LogP contribution in [0.1, 0.15) is 11.1 Å². The zero-order valence-electron chi connectivity index (χ0n) is 18.5. The average Bonchev–Trinajstić information content (AvgIpc) is 2.83. The summed E-state index contributed by atoms with van der Waals surface area (Å²) in [5, 5.41) is 3.41. The van der Waals surface area contributed by atoms with Gasteiger partial charge in [0.2, 0.25) is 0 Å². The fraction of sp³-hybridized carbons (Fsp3) is 0.0800. The molecule has 0 bridgehead atoms. The van der Waals surface area contributed by atoms with E-state index in [1.54, 1.807) is 30.3 Å². The molecule has 3 aromatic carbocycles. The first kappa shape index (κ1) is 26.3. The topological polar surface area (TPSA) is 67.9 Å². The molecule has 1 fully saturated rings. The van der Waals surface area contributed by atoms with Crippen molar-refractivity contribution in [3.8, 4) is 11.5 Å². The lowest BCUT2D eigenvalue weighted by molar-refractivity contribution is -0.122. The van der Waals surface area contributed by atoms with Crippen molar-refractivity contribution in [3.05, 3.63) is 90.7 Å². The van der Waals surface area contributed by atoms with Crippen LogP contribution < -0.4 is 19.7 Å². The van der Waals surface area contributed by atoms with Gasteiger partial charge in [-0.2, -0.15) is 0 Å². The number of benzene rings is 3. The highest BCUT2D eigenvalue weighted by Crippen LogP contribution is 2.36. The van der Waals surface area contributed by atoms with E-state index >= 15 is 0 Å². The normalized spacial score (nSPS) is 14.8. The second-order valence-electron chi connectivity index (χ2n) is 7.49. The Morgan fingerprint density at radius 1 is 1.11 bits per heavy atom. The summed E-state index contributed by atoms with van der Waals surface area (Å²) in [6.07, 6.45) is 1.43. The zero-order chi connectivity index (χ0) is 26.0. The molecular formula is C25H16Cl2FIN2O4S. The molecule has 1 saturated heterocycles. The predicted octanol–water partition coefficient (Wildman–Crippen LogP) is 6.16. The Kier molecular flexibility index (Phi) is 8.13. The van der Waals surface area contributed by atoms with Crippen molar-refractivity contribution in [3.63, 3.8) is 0 Å². The number of carbonyl (C=O) groups excluding carboxylic acids is 2. The number of anilines is 1. The van der Waals surface area contributed by atoms with Gasteiger partial charge >= 0.3 is 0 Å². The molecule has 1 aliphatic heterocycles. The molecule has 11 heteroatoms. The Balaban J connectivity index is 1.64. The van der Waals surface area contributed by atoms with Crippen molar-refractivity contribution in [1.29, 1.82) is 0 Å². The summed E-state index contributed by atoms with van der Waals surface area (Å²) < 4.78 is 25.5. The van der Waals surface area contributed by atoms with Gasteiger partial charge in [0, 0.05) is 15.6 Å². The molecule has 36 heavy (non-hydrogen) atoms. The molecule has 184 valence electrons. The van der Waals surface area contributed by atoms with Gasteiger partial charge in [-0.15, -0.1) is 0 Å². The molecule has 6 nitrogen and oxygen atoms in total. The van der Waals surface area contributed by atoms with Crippen molar-refractivity contribution >= 4 is 86.7 Å².